The van der Waals surface area contributed by atoms with Gasteiger partial charge in [-0.15, -0.1) is 0 Å². The summed E-state index contributed by atoms with van der Waals surface area (Å²) in [6.45, 7) is 1.59. The molecule has 31 heavy (non-hydrogen) atoms. The molecule has 0 unspecified atom stereocenters. The second kappa shape index (κ2) is 8.76. The molecule has 0 aliphatic carbocycles. The Labute approximate surface area is 182 Å². The Balaban J connectivity index is 1.26. The first-order valence-corrected chi connectivity index (χ1v) is 11.1. The van der Waals surface area contributed by atoms with Crippen molar-refractivity contribution in [2.45, 2.75) is 31.6 Å². The molecule has 0 saturated carbocycles. The summed E-state index contributed by atoms with van der Waals surface area (Å²) >= 11 is 0. The number of benzene rings is 2. The van der Waals surface area contributed by atoms with Crippen LogP contribution in [0, 0.1) is 0 Å². The van der Waals surface area contributed by atoms with Crippen molar-refractivity contribution >= 4 is 16.9 Å². The molecule has 0 radical (unpaired) electrons. The van der Waals surface area contributed by atoms with Gasteiger partial charge in [0, 0.05) is 36.4 Å². The lowest BCUT2D eigenvalue weighted by Gasteiger charge is -2.32. The Bertz CT molecular complexity index is 1170. The first-order valence-electron chi connectivity index (χ1n) is 11.1. The molecule has 0 atom stereocenters. The van der Waals surface area contributed by atoms with Gasteiger partial charge in [0.05, 0.1) is 0 Å². The van der Waals surface area contributed by atoms with Crippen molar-refractivity contribution < 1.29 is 4.79 Å². The zero-order chi connectivity index (χ0) is 21.0. The van der Waals surface area contributed by atoms with E-state index in [1.54, 1.807) is 0 Å². The highest BCUT2D eigenvalue weighted by molar-refractivity contribution is 5.95. The molecule has 2 aromatic carbocycles. The Morgan fingerprint density at radius 2 is 1.71 bits per heavy atom. The number of aromatic amines is 1. The lowest BCUT2D eigenvalue weighted by Crippen LogP contribution is -2.38. The van der Waals surface area contributed by atoms with Crippen LogP contribution in [0.15, 0.2) is 79.1 Å². The highest BCUT2D eigenvalue weighted by Gasteiger charge is 2.27. The van der Waals surface area contributed by atoms with Crippen molar-refractivity contribution in [3.8, 4) is 0 Å². The van der Waals surface area contributed by atoms with E-state index >= 15 is 0 Å². The number of aromatic nitrogens is 2. The molecular weight excluding hydrogens is 382 g/mol. The third-order valence-electron chi connectivity index (χ3n) is 6.48. The van der Waals surface area contributed by atoms with Gasteiger partial charge < -0.3 is 9.88 Å². The molecule has 0 spiro atoms. The highest BCUT2D eigenvalue weighted by atomic mass is 16.2. The quantitative estimate of drug-likeness (QED) is 0.482. The van der Waals surface area contributed by atoms with E-state index in [4.69, 9.17) is 0 Å². The summed E-state index contributed by atoms with van der Waals surface area (Å²) in [5.41, 5.74) is 5.58. The number of pyridine rings is 1. The van der Waals surface area contributed by atoms with E-state index in [9.17, 15) is 4.79 Å². The maximum atomic E-state index is 13.3. The third-order valence-corrected chi connectivity index (χ3v) is 6.48. The van der Waals surface area contributed by atoms with Gasteiger partial charge >= 0.3 is 0 Å². The predicted octanol–water partition coefficient (Wildman–Crippen LogP) is 5.37. The van der Waals surface area contributed by atoms with Gasteiger partial charge in [-0.2, -0.15) is 0 Å². The van der Waals surface area contributed by atoms with Crippen molar-refractivity contribution in [1.29, 1.82) is 0 Å². The van der Waals surface area contributed by atoms with Gasteiger partial charge in [0.15, 0.2) is 0 Å². The Hall–Kier alpha value is -3.40. The van der Waals surface area contributed by atoms with Crippen molar-refractivity contribution in [1.82, 2.24) is 14.9 Å². The summed E-state index contributed by atoms with van der Waals surface area (Å²) in [6, 6.07) is 22.7. The maximum absolute atomic E-state index is 13.3. The fraction of sp³-hybridized carbons (Fsp3) is 0.259. The summed E-state index contributed by atoms with van der Waals surface area (Å²) in [6.07, 6.45) is 7.71. The molecule has 156 valence electrons. The van der Waals surface area contributed by atoms with Gasteiger partial charge in [0.1, 0.15) is 5.65 Å². The molecule has 1 N–H and O–H groups in total. The molecule has 4 heteroatoms. The normalized spacial score (nSPS) is 14.8. The number of aryl methyl sites for hydroxylation is 2. The standard InChI is InChI=1S/C27H27N3O/c31-27(23-10-5-4-9-21(23)13-12-20-7-2-1-3-8-20)30-17-14-22(15-18-30)25-19-29-26-24(25)11-6-16-28-26/h1-11,16,19,22H,12-15,17-18H2,(H,28,29). The van der Waals surface area contributed by atoms with Crippen LogP contribution in [-0.2, 0) is 12.8 Å². The number of piperidine rings is 1. The number of fused-ring (bicyclic) bond motifs is 1. The van der Waals surface area contributed by atoms with Crippen molar-refractivity contribution in [3.05, 3.63) is 101 Å². The van der Waals surface area contributed by atoms with E-state index in [0.29, 0.717) is 5.92 Å². The van der Waals surface area contributed by atoms with Crippen molar-refractivity contribution in [2.75, 3.05) is 13.1 Å². The minimum atomic E-state index is 0.169. The van der Waals surface area contributed by atoms with Gasteiger partial charge in [-0.25, -0.2) is 4.98 Å². The Kier molecular flexibility index (Phi) is 5.53. The number of rotatable bonds is 5. The summed E-state index contributed by atoms with van der Waals surface area (Å²) in [5, 5.41) is 1.21. The van der Waals surface area contributed by atoms with Gasteiger partial charge in [-0.1, -0.05) is 48.5 Å². The minimum Gasteiger partial charge on any atom is -0.346 e. The number of hydrogen-bond donors (Lipinski definition) is 1. The molecule has 5 rings (SSSR count). The van der Waals surface area contributed by atoms with Gasteiger partial charge in [0.2, 0.25) is 0 Å². The topological polar surface area (TPSA) is 49.0 Å². The Morgan fingerprint density at radius 1 is 0.935 bits per heavy atom. The largest absolute Gasteiger partial charge is 0.346 e. The van der Waals surface area contributed by atoms with Crippen molar-refractivity contribution in [3.63, 3.8) is 0 Å². The summed E-state index contributed by atoms with van der Waals surface area (Å²) in [4.78, 5) is 23.1. The second-order valence-electron chi connectivity index (χ2n) is 8.35. The number of nitrogens with zero attached hydrogens (tertiary/aromatic N) is 2. The van der Waals surface area contributed by atoms with Crippen LogP contribution in [0.3, 0.4) is 0 Å². The van der Waals surface area contributed by atoms with E-state index in [0.717, 1.165) is 55.5 Å². The molecule has 4 aromatic rings. The lowest BCUT2D eigenvalue weighted by atomic mass is 9.89. The second-order valence-corrected chi connectivity index (χ2v) is 8.35. The fourth-order valence-electron chi connectivity index (χ4n) is 4.75. The van der Waals surface area contributed by atoms with Crippen molar-refractivity contribution in [2.24, 2.45) is 0 Å². The average molecular weight is 410 g/mol. The molecule has 1 saturated heterocycles. The zero-order valence-electron chi connectivity index (χ0n) is 17.6. The fourth-order valence-corrected chi connectivity index (χ4v) is 4.75. The van der Waals surface area contributed by atoms with E-state index in [1.165, 1.54) is 16.5 Å². The van der Waals surface area contributed by atoms with E-state index < -0.39 is 0 Å². The van der Waals surface area contributed by atoms with Crippen LogP contribution in [0.4, 0.5) is 0 Å². The molecule has 0 bridgehead atoms. The SMILES string of the molecule is O=C(c1ccccc1CCc1ccccc1)N1CCC(c2c[nH]c3ncccc23)CC1. The first kappa shape index (κ1) is 19.6. The third kappa shape index (κ3) is 4.11. The molecule has 3 heterocycles. The van der Waals surface area contributed by atoms with Crippen LogP contribution in [0.25, 0.3) is 11.0 Å². The van der Waals surface area contributed by atoms with Gasteiger partial charge in [-0.3, -0.25) is 4.79 Å². The van der Waals surface area contributed by atoms with Crippen LogP contribution < -0.4 is 0 Å². The number of likely N-dealkylation sites (tertiary alicyclic amines) is 1. The van der Waals surface area contributed by atoms with Gasteiger partial charge in [0.25, 0.3) is 5.91 Å². The number of nitrogens with one attached hydrogen (secondary N) is 1. The lowest BCUT2D eigenvalue weighted by molar-refractivity contribution is 0.0712. The zero-order valence-corrected chi connectivity index (χ0v) is 17.6. The molecule has 1 aliphatic rings. The Morgan fingerprint density at radius 3 is 2.55 bits per heavy atom. The molecule has 1 aliphatic heterocycles. The molecule has 1 fully saturated rings. The van der Waals surface area contributed by atoms with E-state index in [2.05, 4.69) is 52.6 Å². The summed E-state index contributed by atoms with van der Waals surface area (Å²) in [5.74, 6) is 0.637. The number of carbonyl (C=O) groups is 1. The first-order chi connectivity index (χ1) is 15.3. The van der Waals surface area contributed by atoms with Crippen LogP contribution in [0.1, 0.15) is 45.8 Å². The average Bonchev–Trinajstić information content (AvgIpc) is 3.27. The van der Waals surface area contributed by atoms with Gasteiger partial charge in [-0.05, 0) is 66.5 Å². The van der Waals surface area contributed by atoms with E-state index in [-0.39, 0.29) is 5.91 Å². The van der Waals surface area contributed by atoms with Crippen LogP contribution in [0.5, 0.6) is 0 Å². The molecule has 1 amide bonds. The van der Waals surface area contributed by atoms with E-state index in [1.807, 2.05) is 41.4 Å². The van der Waals surface area contributed by atoms with Crippen LogP contribution in [-0.4, -0.2) is 33.9 Å². The molecule has 2 aromatic heterocycles. The maximum Gasteiger partial charge on any atom is 0.254 e. The summed E-state index contributed by atoms with van der Waals surface area (Å²) < 4.78 is 0. The number of hydrogen-bond acceptors (Lipinski definition) is 2. The smallest absolute Gasteiger partial charge is 0.254 e. The highest BCUT2D eigenvalue weighted by Crippen LogP contribution is 2.33. The molecular formula is C27H27N3O. The van der Waals surface area contributed by atoms with Crippen LogP contribution in [0.2, 0.25) is 0 Å². The minimum absolute atomic E-state index is 0.169. The van der Waals surface area contributed by atoms with Crippen LogP contribution >= 0.6 is 0 Å². The molecule has 4 nitrogen and oxygen atoms in total. The number of amides is 1. The number of H-pyrrole nitrogens is 1. The summed E-state index contributed by atoms with van der Waals surface area (Å²) in [7, 11) is 0. The predicted molar refractivity (Wildman–Crippen MR) is 124 cm³/mol. The number of carbonyl (C=O) groups excluding carboxylic acids is 1. The monoisotopic (exact) mass is 409 g/mol.